The number of ether oxygens (including phenoxy) is 1. The van der Waals surface area contributed by atoms with Crippen LogP contribution in [0.1, 0.15) is 89.1 Å². The van der Waals surface area contributed by atoms with E-state index in [4.69, 9.17) is 10.5 Å². The monoisotopic (exact) mass is 566 g/mol. The van der Waals surface area contributed by atoms with Crippen molar-refractivity contribution in [2.75, 3.05) is 5.32 Å². The lowest BCUT2D eigenvalue weighted by molar-refractivity contribution is -0.148. The topological polar surface area (TPSA) is 131 Å². The Morgan fingerprint density at radius 1 is 0.951 bits per heavy atom. The van der Waals surface area contributed by atoms with Gasteiger partial charge in [0.15, 0.2) is 0 Å². The third kappa shape index (κ3) is 9.33. The molecule has 0 aliphatic carbocycles. The highest BCUT2D eigenvalue weighted by atomic mass is 16.6. The van der Waals surface area contributed by atoms with Gasteiger partial charge in [0, 0.05) is 17.6 Å². The minimum atomic E-state index is -1.16. The number of hydrogen-bond acceptors (Lipinski definition) is 5. The zero-order valence-electron chi connectivity index (χ0n) is 25.9. The Bertz CT molecular complexity index is 1260. The van der Waals surface area contributed by atoms with Gasteiger partial charge in [-0.1, -0.05) is 48.9 Å². The van der Waals surface area contributed by atoms with E-state index in [9.17, 15) is 19.2 Å². The zero-order chi connectivity index (χ0) is 31.1. The van der Waals surface area contributed by atoms with Crippen LogP contribution >= 0.6 is 0 Å². The number of carbonyl (C=O) groups excluding carboxylic acids is 4. The first-order valence-corrected chi connectivity index (χ1v) is 14.0. The van der Waals surface area contributed by atoms with Gasteiger partial charge in [0.05, 0.1) is 0 Å². The molecule has 0 aliphatic heterocycles. The molecular formula is C32H46N4O5. The molecule has 2 aromatic carbocycles. The van der Waals surface area contributed by atoms with Gasteiger partial charge in [-0.15, -0.1) is 0 Å². The minimum Gasteiger partial charge on any atom is -0.444 e. The van der Waals surface area contributed by atoms with Gasteiger partial charge < -0.3 is 26.0 Å². The number of nitrogens with zero attached hydrogens (tertiary/aromatic N) is 1. The van der Waals surface area contributed by atoms with Gasteiger partial charge in [0.25, 0.3) is 5.91 Å². The van der Waals surface area contributed by atoms with Crippen molar-refractivity contribution in [3.63, 3.8) is 0 Å². The molecule has 0 saturated carbocycles. The van der Waals surface area contributed by atoms with E-state index >= 15 is 0 Å². The van der Waals surface area contributed by atoms with Gasteiger partial charge in [0.1, 0.15) is 17.7 Å². The Balaban J connectivity index is 2.72. The smallest absolute Gasteiger partial charge is 0.408 e. The third-order valence-corrected chi connectivity index (χ3v) is 7.06. The van der Waals surface area contributed by atoms with Gasteiger partial charge >= 0.3 is 6.09 Å². The number of amides is 4. The fraction of sp³-hybridized carbons (Fsp3) is 0.500. The number of rotatable bonds is 11. The maximum absolute atomic E-state index is 14.5. The normalized spacial score (nSPS) is 13.1. The van der Waals surface area contributed by atoms with E-state index in [0.717, 1.165) is 16.7 Å². The molecule has 0 spiro atoms. The molecule has 0 bridgehead atoms. The van der Waals surface area contributed by atoms with Crippen molar-refractivity contribution in [1.29, 1.82) is 0 Å². The first-order chi connectivity index (χ1) is 19.0. The van der Waals surface area contributed by atoms with Crippen molar-refractivity contribution in [3.8, 4) is 0 Å². The van der Waals surface area contributed by atoms with Crippen molar-refractivity contribution in [1.82, 2.24) is 10.2 Å². The molecule has 0 aliphatic rings. The molecule has 4 amide bonds. The number of nitrogens with two attached hydrogens (primary N) is 1. The lowest BCUT2D eigenvalue weighted by Crippen LogP contribution is -2.59. The third-order valence-electron chi connectivity index (χ3n) is 7.06. The van der Waals surface area contributed by atoms with E-state index in [-0.39, 0.29) is 12.8 Å². The second kappa shape index (κ2) is 13.7. The summed E-state index contributed by atoms with van der Waals surface area (Å²) in [6, 6.07) is 11.0. The molecule has 2 atom stereocenters. The van der Waals surface area contributed by atoms with Crippen LogP contribution in [0.5, 0.6) is 0 Å². The number of hydrogen-bond donors (Lipinski definition) is 3. The fourth-order valence-corrected chi connectivity index (χ4v) is 4.47. The standard InChI is InChI=1S/C32H46N4O5/c1-10-32(8,9)36(29(39)25(17-18-26(33)37)35-30(40)41-31(5,6)7)27(23-19-20(2)15-16-21(23)3)28(38)34-24-14-12-11-13-22(24)4/h11-16,19,25,27H,10,17-18H2,1-9H3,(H2,33,37)(H,34,38)(H,35,40). The van der Waals surface area contributed by atoms with E-state index in [2.05, 4.69) is 10.6 Å². The summed E-state index contributed by atoms with van der Waals surface area (Å²) in [5.74, 6) is -1.53. The van der Waals surface area contributed by atoms with Gasteiger partial charge in [-0.05, 0) is 91.0 Å². The van der Waals surface area contributed by atoms with Crippen LogP contribution in [0.4, 0.5) is 10.5 Å². The fourth-order valence-electron chi connectivity index (χ4n) is 4.47. The lowest BCUT2D eigenvalue weighted by Gasteiger charge is -2.45. The SMILES string of the molecule is CCC(C)(C)N(C(=O)C(CCC(N)=O)NC(=O)OC(C)(C)C)C(C(=O)Nc1ccccc1C)c1cc(C)ccc1C. The molecule has 9 heteroatoms. The molecule has 0 radical (unpaired) electrons. The van der Waals surface area contributed by atoms with E-state index in [0.29, 0.717) is 17.7 Å². The summed E-state index contributed by atoms with van der Waals surface area (Å²) in [4.78, 5) is 54.8. The first-order valence-electron chi connectivity index (χ1n) is 14.0. The van der Waals surface area contributed by atoms with Crippen molar-refractivity contribution < 1.29 is 23.9 Å². The molecule has 224 valence electrons. The highest BCUT2D eigenvalue weighted by Gasteiger charge is 2.43. The first kappa shape index (κ1) is 33.3. The van der Waals surface area contributed by atoms with Crippen LogP contribution in [0.3, 0.4) is 0 Å². The number of carbonyl (C=O) groups is 4. The van der Waals surface area contributed by atoms with Crippen LogP contribution in [0, 0.1) is 20.8 Å². The molecule has 0 saturated heterocycles. The predicted molar refractivity (Wildman–Crippen MR) is 161 cm³/mol. The van der Waals surface area contributed by atoms with Crippen LogP contribution in [0.25, 0.3) is 0 Å². The molecule has 41 heavy (non-hydrogen) atoms. The molecule has 2 aromatic rings. The number of alkyl carbamates (subject to hydrolysis) is 1. The summed E-state index contributed by atoms with van der Waals surface area (Å²) in [6.07, 6.45) is -0.492. The van der Waals surface area contributed by atoms with E-state index < -0.39 is 47.0 Å². The second-order valence-electron chi connectivity index (χ2n) is 12.1. The van der Waals surface area contributed by atoms with Crippen LogP contribution in [0.2, 0.25) is 0 Å². The maximum atomic E-state index is 14.5. The minimum absolute atomic E-state index is 0.0529. The predicted octanol–water partition coefficient (Wildman–Crippen LogP) is 5.47. The van der Waals surface area contributed by atoms with Crippen molar-refractivity contribution in [2.45, 2.75) is 105 Å². The summed E-state index contributed by atoms with van der Waals surface area (Å²) in [6.45, 7) is 16.5. The Hall–Kier alpha value is -3.88. The molecule has 0 aromatic heterocycles. The van der Waals surface area contributed by atoms with Crippen LogP contribution in [-0.2, 0) is 19.1 Å². The summed E-state index contributed by atoms with van der Waals surface area (Å²) >= 11 is 0. The van der Waals surface area contributed by atoms with Crippen molar-refractivity contribution >= 4 is 29.5 Å². The van der Waals surface area contributed by atoms with Gasteiger partial charge in [-0.25, -0.2) is 4.79 Å². The quantitative estimate of drug-likeness (QED) is 0.332. The number of nitrogens with one attached hydrogen (secondary N) is 2. The van der Waals surface area contributed by atoms with Gasteiger partial charge in [-0.2, -0.15) is 0 Å². The second-order valence-corrected chi connectivity index (χ2v) is 12.1. The number of para-hydroxylation sites is 1. The highest BCUT2D eigenvalue weighted by molar-refractivity contribution is 6.00. The Morgan fingerprint density at radius 3 is 2.15 bits per heavy atom. The summed E-state index contributed by atoms with van der Waals surface area (Å²) in [7, 11) is 0. The molecule has 2 unspecified atom stereocenters. The van der Waals surface area contributed by atoms with Crippen LogP contribution < -0.4 is 16.4 Å². The highest BCUT2D eigenvalue weighted by Crippen LogP contribution is 2.35. The largest absolute Gasteiger partial charge is 0.444 e. The Kier molecular flexibility index (Phi) is 11.1. The zero-order valence-corrected chi connectivity index (χ0v) is 25.9. The van der Waals surface area contributed by atoms with Gasteiger partial charge in [0.2, 0.25) is 11.8 Å². The van der Waals surface area contributed by atoms with Crippen LogP contribution in [0.15, 0.2) is 42.5 Å². The summed E-state index contributed by atoms with van der Waals surface area (Å²) in [5.41, 5.74) is 7.72. The van der Waals surface area contributed by atoms with Gasteiger partial charge in [-0.3, -0.25) is 14.4 Å². The summed E-state index contributed by atoms with van der Waals surface area (Å²) < 4.78 is 5.42. The average Bonchev–Trinajstić information content (AvgIpc) is 2.86. The number of anilines is 1. The number of benzene rings is 2. The van der Waals surface area contributed by atoms with Crippen LogP contribution in [-0.4, -0.2) is 45.9 Å². The molecule has 9 nitrogen and oxygen atoms in total. The van der Waals surface area contributed by atoms with Crippen molar-refractivity contribution in [3.05, 3.63) is 64.7 Å². The molecule has 2 rings (SSSR count). The number of primary amides is 1. The maximum Gasteiger partial charge on any atom is 0.408 e. The van der Waals surface area contributed by atoms with E-state index in [1.807, 2.05) is 84.0 Å². The number of aryl methyl sites for hydroxylation is 3. The Labute approximate surface area is 244 Å². The average molecular weight is 567 g/mol. The van der Waals surface area contributed by atoms with E-state index in [1.54, 1.807) is 20.8 Å². The summed E-state index contributed by atoms with van der Waals surface area (Å²) in [5, 5.41) is 5.67. The molecule has 0 heterocycles. The molecule has 0 fully saturated rings. The van der Waals surface area contributed by atoms with E-state index in [1.165, 1.54) is 4.90 Å². The Morgan fingerprint density at radius 2 is 1.59 bits per heavy atom. The molecule has 4 N–H and O–H groups in total. The van der Waals surface area contributed by atoms with Crippen molar-refractivity contribution in [2.24, 2.45) is 5.73 Å². The molecular weight excluding hydrogens is 520 g/mol. The lowest BCUT2D eigenvalue weighted by atomic mass is 9.89.